The Morgan fingerprint density at radius 3 is 2.50 bits per heavy atom. The average molecular weight is 277 g/mol. The molecule has 1 N–H and O–H groups in total. The van der Waals surface area contributed by atoms with Gasteiger partial charge in [-0.3, -0.25) is 0 Å². The van der Waals surface area contributed by atoms with Crippen molar-refractivity contribution in [2.45, 2.75) is 54.7 Å². The van der Waals surface area contributed by atoms with Crippen molar-refractivity contribution in [2.24, 2.45) is 0 Å². The number of thioether (sulfide) groups is 1. The maximum atomic E-state index is 10.5. The number of aliphatic hydroxyl groups is 1. The Bertz CT molecular complexity index is 254. The third kappa shape index (κ3) is 2.20. The van der Waals surface area contributed by atoms with Crippen LogP contribution >= 0.6 is 27.7 Å². The summed E-state index contributed by atoms with van der Waals surface area (Å²) in [5.41, 5.74) is -0.492. The highest BCUT2D eigenvalue weighted by Gasteiger charge is 2.40. The first-order valence-corrected chi connectivity index (χ1v) is 6.94. The van der Waals surface area contributed by atoms with Crippen LogP contribution in [0.5, 0.6) is 0 Å². The van der Waals surface area contributed by atoms with Crippen LogP contribution in [0.2, 0.25) is 0 Å². The molecule has 0 bridgehead atoms. The Kier molecular flexibility index (Phi) is 3.02. The molecule has 1 saturated carbocycles. The second kappa shape index (κ2) is 3.84. The zero-order valence-electron chi connectivity index (χ0n) is 8.55. The minimum absolute atomic E-state index is 0.121. The van der Waals surface area contributed by atoms with E-state index in [-0.39, 0.29) is 3.66 Å². The first-order chi connectivity index (χ1) is 6.52. The standard InChI is InChI=1S/C11H17BrOS/c1-10(12)8-5-9(14-10)11(13)6-3-2-4-7-11/h5,13H,2-4,6-8H2,1H3. The molecule has 0 saturated heterocycles. The molecule has 0 radical (unpaired) electrons. The van der Waals surface area contributed by atoms with Crippen molar-refractivity contribution in [3.05, 3.63) is 11.0 Å². The molecule has 2 aliphatic rings. The van der Waals surface area contributed by atoms with Crippen molar-refractivity contribution in [3.63, 3.8) is 0 Å². The molecule has 1 atom stereocenters. The van der Waals surface area contributed by atoms with E-state index in [0.717, 1.165) is 19.3 Å². The first-order valence-electron chi connectivity index (χ1n) is 5.33. The van der Waals surface area contributed by atoms with Crippen LogP contribution in [0.1, 0.15) is 45.4 Å². The average Bonchev–Trinajstić information content (AvgIpc) is 2.48. The maximum absolute atomic E-state index is 10.5. The molecule has 1 unspecified atom stereocenters. The second-order valence-electron chi connectivity index (χ2n) is 4.57. The van der Waals surface area contributed by atoms with E-state index in [4.69, 9.17) is 0 Å². The van der Waals surface area contributed by atoms with Crippen LogP contribution in [-0.4, -0.2) is 14.4 Å². The number of allylic oxidation sites excluding steroid dienone is 1. The summed E-state index contributed by atoms with van der Waals surface area (Å²) in [5, 5.41) is 10.5. The van der Waals surface area contributed by atoms with E-state index < -0.39 is 5.60 Å². The van der Waals surface area contributed by atoms with E-state index in [1.54, 1.807) is 11.8 Å². The van der Waals surface area contributed by atoms with Gasteiger partial charge in [0.15, 0.2) is 0 Å². The molecular formula is C11H17BrOS. The summed E-state index contributed by atoms with van der Waals surface area (Å²) < 4.78 is 0.121. The zero-order valence-corrected chi connectivity index (χ0v) is 11.0. The van der Waals surface area contributed by atoms with Crippen LogP contribution in [0.3, 0.4) is 0 Å². The Morgan fingerprint density at radius 1 is 1.36 bits per heavy atom. The van der Waals surface area contributed by atoms with Crippen LogP contribution in [0, 0.1) is 0 Å². The van der Waals surface area contributed by atoms with Crippen molar-refractivity contribution < 1.29 is 5.11 Å². The molecule has 80 valence electrons. The van der Waals surface area contributed by atoms with Crippen LogP contribution in [0.15, 0.2) is 11.0 Å². The Labute approximate surface area is 98.5 Å². The normalized spacial score (nSPS) is 36.9. The molecule has 0 aromatic rings. The summed E-state index contributed by atoms with van der Waals surface area (Å²) in [5.74, 6) is 0. The van der Waals surface area contributed by atoms with Crippen LogP contribution in [0.25, 0.3) is 0 Å². The predicted molar refractivity (Wildman–Crippen MR) is 65.7 cm³/mol. The van der Waals surface area contributed by atoms with Gasteiger partial charge in [-0.25, -0.2) is 0 Å². The van der Waals surface area contributed by atoms with Gasteiger partial charge in [0.2, 0.25) is 0 Å². The van der Waals surface area contributed by atoms with Gasteiger partial charge in [-0.1, -0.05) is 41.3 Å². The molecule has 14 heavy (non-hydrogen) atoms. The summed E-state index contributed by atoms with van der Waals surface area (Å²) in [6.07, 6.45) is 8.77. The Balaban J connectivity index is 2.08. The fourth-order valence-electron chi connectivity index (χ4n) is 2.26. The number of hydrogen-bond donors (Lipinski definition) is 1. The van der Waals surface area contributed by atoms with E-state index in [1.165, 1.54) is 24.2 Å². The first kappa shape index (κ1) is 11.0. The third-order valence-corrected chi connectivity index (χ3v) is 5.28. The Hall–Kier alpha value is 0.530. The van der Waals surface area contributed by atoms with E-state index in [1.807, 2.05) is 0 Å². The maximum Gasteiger partial charge on any atom is 0.0951 e. The van der Waals surface area contributed by atoms with Gasteiger partial charge in [0.05, 0.1) is 9.26 Å². The number of rotatable bonds is 1. The van der Waals surface area contributed by atoms with Gasteiger partial charge in [0.25, 0.3) is 0 Å². The molecule has 3 heteroatoms. The van der Waals surface area contributed by atoms with E-state index in [0.29, 0.717) is 0 Å². The molecule has 0 aromatic carbocycles. The number of halogens is 1. The smallest absolute Gasteiger partial charge is 0.0951 e. The topological polar surface area (TPSA) is 20.2 Å². The number of hydrogen-bond acceptors (Lipinski definition) is 2. The lowest BCUT2D eigenvalue weighted by Gasteiger charge is -2.33. The quantitative estimate of drug-likeness (QED) is 0.735. The lowest BCUT2D eigenvalue weighted by molar-refractivity contribution is 0.0477. The van der Waals surface area contributed by atoms with Crippen molar-refractivity contribution >= 4 is 27.7 Å². The molecule has 2 rings (SSSR count). The molecule has 1 fully saturated rings. The highest BCUT2D eigenvalue weighted by Crippen LogP contribution is 2.52. The van der Waals surface area contributed by atoms with Crippen molar-refractivity contribution in [1.82, 2.24) is 0 Å². The summed E-state index contributed by atoms with van der Waals surface area (Å²) in [7, 11) is 0. The SMILES string of the molecule is CC1(Br)CC=C(C2(O)CCCCC2)S1. The van der Waals surface area contributed by atoms with Crippen molar-refractivity contribution in [1.29, 1.82) is 0 Å². The summed E-state index contributed by atoms with van der Waals surface area (Å²) >= 11 is 5.47. The zero-order chi connectivity index (χ0) is 10.2. The molecule has 0 aromatic heterocycles. The van der Waals surface area contributed by atoms with Crippen LogP contribution in [-0.2, 0) is 0 Å². The van der Waals surface area contributed by atoms with Crippen molar-refractivity contribution in [2.75, 3.05) is 0 Å². The van der Waals surface area contributed by atoms with E-state index in [2.05, 4.69) is 28.9 Å². The monoisotopic (exact) mass is 276 g/mol. The fraction of sp³-hybridized carbons (Fsp3) is 0.818. The lowest BCUT2D eigenvalue weighted by atomic mass is 9.84. The minimum atomic E-state index is -0.492. The Morgan fingerprint density at radius 2 is 2.00 bits per heavy atom. The van der Waals surface area contributed by atoms with Crippen LogP contribution in [0.4, 0.5) is 0 Å². The predicted octanol–water partition coefficient (Wildman–Crippen LogP) is 3.81. The van der Waals surface area contributed by atoms with Gasteiger partial charge in [0, 0.05) is 4.91 Å². The number of alkyl halides is 1. The van der Waals surface area contributed by atoms with E-state index >= 15 is 0 Å². The minimum Gasteiger partial charge on any atom is -0.385 e. The van der Waals surface area contributed by atoms with E-state index in [9.17, 15) is 5.11 Å². The lowest BCUT2D eigenvalue weighted by Crippen LogP contribution is -2.32. The highest BCUT2D eigenvalue weighted by molar-refractivity contribution is 9.12. The largest absolute Gasteiger partial charge is 0.385 e. The van der Waals surface area contributed by atoms with Gasteiger partial charge < -0.3 is 5.11 Å². The molecule has 0 amide bonds. The van der Waals surface area contributed by atoms with Gasteiger partial charge in [0.1, 0.15) is 0 Å². The molecule has 0 spiro atoms. The summed E-state index contributed by atoms with van der Waals surface area (Å²) in [4.78, 5) is 1.21. The molecule has 1 aliphatic heterocycles. The third-order valence-electron chi connectivity index (χ3n) is 3.11. The second-order valence-corrected chi connectivity index (χ2v) is 8.39. The van der Waals surface area contributed by atoms with Gasteiger partial charge in [-0.15, -0.1) is 11.8 Å². The molecule has 1 heterocycles. The molecular weight excluding hydrogens is 260 g/mol. The van der Waals surface area contributed by atoms with Crippen LogP contribution < -0.4 is 0 Å². The van der Waals surface area contributed by atoms with Crippen molar-refractivity contribution in [3.8, 4) is 0 Å². The summed E-state index contributed by atoms with van der Waals surface area (Å²) in [6, 6.07) is 0. The van der Waals surface area contributed by atoms with Gasteiger partial charge in [-0.2, -0.15) is 0 Å². The summed E-state index contributed by atoms with van der Waals surface area (Å²) in [6.45, 7) is 2.17. The molecule has 1 nitrogen and oxygen atoms in total. The highest BCUT2D eigenvalue weighted by atomic mass is 79.9. The van der Waals surface area contributed by atoms with Gasteiger partial charge >= 0.3 is 0 Å². The molecule has 1 aliphatic carbocycles. The fourth-order valence-corrected chi connectivity index (χ4v) is 4.13. The van der Waals surface area contributed by atoms with Gasteiger partial charge in [-0.05, 0) is 26.2 Å².